The van der Waals surface area contributed by atoms with Gasteiger partial charge < -0.3 is 0 Å². The highest BCUT2D eigenvalue weighted by Gasteiger charge is 2.24. The third-order valence-corrected chi connectivity index (χ3v) is 4.25. The van der Waals surface area contributed by atoms with E-state index >= 15 is 0 Å². The second kappa shape index (κ2) is 7.35. The lowest BCUT2D eigenvalue weighted by molar-refractivity contribution is 0.571. The van der Waals surface area contributed by atoms with Gasteiger partial charge in [-0.2, -0.15) is 0 Å². The Morgan fingerprint density at radius 3 is 1.72 bits per heavy atom. The van der Waals surface area contributed by atoms with Crippen LogP contribution >= 0.6 is 0 Å². The molecule has 0 heterocycles. The highest BCUT2D eigenvalue weighted by Crippen LogP contribution is 2.39. The van der Waals surface area contributed by atoms with Crippen molar-refractivity contribution in [3.63, 3.8) is 0 Å². The zero-order chi connectivity index (χ0) is 18.7. The SMILES string of the molecule is Cc1ccccc1N=CC=Nc1c(C(C)(C)C)cccc1C(C)(C)C. The van der Waals surface area contributed by atoms with Crippen molar-refractivity contribution < 1.29 is 0 Å². The number of aryl methyl sites for hydroxylation is 1. The smallest absolute Gasteiger partial charge is 0.0704 e. The lowest BCUT2D eigenvalue weighted by atomic mass is 9.79. The van der Waals surface area contributed by atoms with E-state index in [0.29, 0.717) is 0 Å². The van der Waals surface area contributed by atoms with Crippen LogP contribution in [0.3, 0.4) is 0 Å². The van der Waals surface area contributed by atoms with E-state index in [0.717, 1.165) is 16.9 Å². The maximum absolute atomic E-state index is 4.81. The van der Waals surface area contributed by atoms with Gasteiger partial charge in [-0.05, 0) is 40.5 Å². The van der Waals surface area contributed by atoms with Crippen LogP contribution in [0, 0.1) is 6.92 Å². The molecule has 0 N–H and O–H groups in total. The van der Waals surface area contributed by atoms with E-state index in [1.54, 1.807) is 6.21 Å². The van der Waals surface area contributed by atoms with Crippen molar-refractivity contribution >= 4 is 23.8 Å². The van der Waals surface area contributed by atoms with Crippen molar-refractivity contribution in [3.05, 3.63) is 59.2 Å². The molecular formula is C23H30N2. The van der Waals surface area contributed by atoms with Crippen LogP contribution in [-0.4, -0.2) is 12.4 Å². The molecule has 0 aromatic heterocycles. The van der Waals surface area contributed by atoms with Crippen LogP contribution in [0.15, 0.2) is 52.4 Å². The Labute approximate surface area is 152 Å². The molecule has 0 amide bonds. The van der Waals surface area contributed by atoms with E-state index < -0.39 is 0 Å². The number of rotatable bonds is 3. The number of aliphatic imine (C=N–C) groups is 2. The molecule has 0 saturated heterocycles. The quantitative estimate of drug-likeness (QED) is 0.558. The molecule has 2 rings (SSSR count). The van der Waals surface area contributed by atoms with Crippen LogP contribution in [0.25, 0.3) is 0 Å². The first kappa shape index (κ1) is 19.1. The van der Waals surface area contributed by atoms with Gasteiger partial charge in [-0.25, -0.2) is 0 Å². The summed E-state index contributed by atoms with van der Waals surface area (Å²) >= 11 is 0. The number of hydrogen-bond acceptors (Lipinski definition) is 2. The van der Waals surface area contributed by atoms with Crippen LogP contribution < -0.4 is 0 Å². The Morgan fingerprint density at radius 2 is 1.20 bits per heavy atom. The highest BCUT2D eigenvalue weighted by atomic mass is 14.8. The third-order valence-electron chi connectivity index (χ3n) is 4.25. The predicted molar refractivity (Wildman–Crippen MR) is 111 cm³/mol. The first-order chi connectivity index (χ1) is 11.6. The molecule has 2 nitrogen and oxygen atoms in total. The monoisotopic (exact) mass is 334 g/mol. The minimum absolute atomic E-state index is 0.0428. The summed E-state index contributed by atoms with van der Waals surface area (Å²) in [5.74, 6) is 0. The summed E-state index contributed by atoms with van der Waals surface area (Å²) in [7, 11) is 0. The summed E-state index contributed by atoms with van der Waals surface area (Å²) in [5, 5.41) is 0. The largest absolute Gasteiger partial charge is 0.255 e. The van der Waals surface area contributed by atoms with Crippen molar-refractivity contribution in [1.29, 1.82) is 0 Å². The van der Waals surface area contributed by atoms with Gasteiger partial charge in [0.25, 0.3) is 0 Å². The van der Waals surface area contributed by atoms with Gasteiger partial charge >= 0.3 is 0 Å². The number of para-hydroxylation sites is 2. The van der Waals surface area contributed by atoms with Crippen LogP contribution in [0.5, 0.6) is 0 Å². The summed E-state index contributed by atoms with van der Waals surface area (Å²) in [6.45, 7) is 15.5. The van der Waals surface area contributed by atoms with Crippen LogP contribution in [-0.2, 0) is 10.8 Å². The van der Waals surface area contributed by atoms with Crippen molar-refractivity contribution in [1.82, 2.24) is 0 Å². The standard InChI is InChI=1S/C23H30N2/c1-17-11-8-9-14-20(17)24-15-16-25-21-18(22(2,3)4)12-10-13-19(21)23(5,6)7/h8-16H,1-7H3. The van der Waals surface area contributed by atoms with Gasteiger partial charge in [-0.15, -0.1) is 0 Å². The zero-order valence-corrected chi connectivity index (χ0v) is 16.6. The molecule has 0 fully saturated rings. The van der Waals surface area contributed by atoms with E-state index in [4.69, 9.17) is 4.99 Å². The van der Waals surface area contributed by atoms with Gasteiger partial charge in [0.1, 0.15) is 0 Å². The summed E-state index contributed by atoms with van der Waals surface area (Å²) in [5.41, 5.74) is 5.83. The van der Waals surface area contributed by atoms with Gasteiger partial charge in [-0.3, -0.25) is 9.98 Å². The fourth-order valence-electron chi connectivity index (χ4n) is 2.82. The molecule has 0 bridgehead atoms. The molecule has 0 radical (unpaired) electrons. The molecule has 0 aliphatic rings. The first-order valence-corrected chi connectivity index (χ1v) is 8.87. The molecule has 132 valence electrons. The second-order valence-corrected chi connectivity index (χ2v) is 8.54. The molecule has 25 heavy (non-hydrogen) atoms. The van der Waals surface area contributed by atoms with Gasteiger partial charge in [0, 0.05) is 12.4 Å². The summed E-state index contributed by atoms with van der Waals surface area (Å²) in [4.78, 5) is 9.34. The normalized spacial score (nSPS) is 13.1. The van der Waals surface area contributed by atoms with Gasteiger partial charge in [-0.1, -0.05) is 77.9 Å². The minimum atomic E-state index is 0.0428. The van der Waals surface area contributed by atoms with Gasteiger partial charge in [0.15, 0.2) is 0 Å². The van der Waals surface area contributed by atoms with Crippen molar-refractivity contribution in [2.75, 3.05) is 0 Å². The van der Waals surface area contributed by atoms with Crippen LogP contribution in [0.2, 0.25) is 0 Å². The Balaban J connectivity index is 2.42. The summed E-state index contributed by atoms with van der Waals surface area (Å²) in [6.07, 6.45) is 3.60. The Morgan fingerprint density at radius 1 is 0.680 bits per heavy atom. The van der Waals surface area contributed by atoms with Crippen molar-refractivity contribution in [3.8, 4) is 0 Å². The average Bonchev–Trinajstić information content (AvgIpc) is 2.51. The fourth-order valence-corrected chi connectivity index (χ4v) is 2.82. The lowest BCUT2D eigenvalue weighted by Crippen LogP contribution is -2.17. The molecule has 0 aliphatic carbocycles. The predicted octanol–water partition coefficient (Wildman–Crippen LogP) is 6.69. The number of nitrogens with zero attached hydrogens (tertiary/aromatic N) is 2. The van der Waals surface area contributed by atoms with E-state index in [9.17, 15) is 0 Å². The molecule has 2 aromatic rings. The Bertz CT molecular complexity index is 752. The van der Waals surface area contributed by atoms with E-state index in [1.807, 2.05) is 24.4 Å². The van der Waals surface area contributed by atoms with Crippen molar-refractivity contribution in [2.24, 2.45) is 9.98 Å². The molecule has 2 aromatic carbocycles. The number of hydrogen-bond donors (Lipinski definition) is 0. The van der Waals surface area contributed by atoms with E-state index in [1.165, 1.54) is 11.1 Å². The maximum atomic E-state index is 4.81. The second-order valence-electron chi connectivity index (χ2n) is 8.54. The Kier molecular flexibility index (Phi) is 5.62. The molecule has 0 saturated carbocycles. The summed E-state index contributed by atoms with van der Waals surface area (Å²) < 4.78 is 0. The summed E-state index contributed by atoms with van der Waals surface area (Å²) in [6, 6.07) is 14.6. The fraction of sp³-hybridized carbons (Fsp3) is 0.391. The van der Waals surface area contributed by atoms with E-state index in [2.05, 4.69) is 77.7 Å². The molecule has 2 heteroatoms. The molecule has 0 atom stereocenters. The zero-order valence-electron chi connectivity index (χ0n) is 16.6. The molecule has 0 aliphatic heterocycles. The lowest BCUT2D eigenvalue weighted by Gasteiger charge is -2.27. The maximum Gasteiger partial charge on any atom is 0.0704 e. The molecular weight excluding hydrogens is 304 g/mol. The Hall–Kier alpha value is -2.22. The number of benzene rings is 2. The highest BCUT2D eigenvalue weighted by molar-refractivity contribution is 6.17. The van der Waals surface area contributed by atoms with Crippen LogP contribution in [0.4, 0.5) is 11.4 Å². The van der Waals surface area contributed by atoms with Gasteiger partial charge in [0.2, 0.25) is 0 Å². The first-order valence-electron chi connectivity index (χ1n) is 8.87. The minimum Gasteiger partial charge on any atom is -0.255 e. The van der Waals surface area contributed by atoms with Gasteiger partial charge in [0.05, 0.1) is 11.4 Å². The average molecular weight is 335 g/mol. The van der Waals surface area contributed by atoms with E-state index in [-0.39, 0.29) is 10.8 Å². The van der Waals surface area contributed by atoms with Crippen LogP contribution in [0.1, 0.15) is 58.2 Å². The third kappa shape index (κ3) is 4.88. The topological polar surface area (TPSA) is 24.7 Å². The van der Waals surface area contributed by atoms with Crippen molar-refractivity contribution in [2.45, 2.75) is 59.3 Å². The molecule has 0 spiro atoms. The molecule has 0 unspecified atom stereocenters.